The van der Waals surface area contributed by atoms with Crippen molar-refractivity contribution in [3.63, 3.8) is 0 Å². The molecule has 1 fully saturated rings. The molecule has 2 aliphatic rings. The number of carbonyl (C=O) groups excluding carboxylic acids is 1. The number of carbonyl (C=O) groups is 1. The Morgan fingerprint density at radius 3 is 3.08 bits per heavy atom. The fourth-order valence-electron chi connectivity index (χ4n) is 3.14. The van der Waals surface area contributed by atoms with Crippen LogP contribution >= 0.6 is 11.5 Å². The van der Waals surface area contributed by atoms with Gasteiger partial charge in [-0.05, 0) is 30.9 Å². The molecule has 0 aliphatic carbocycles. The van der Waals surface area contributed by atoms with E-state index in [1.165, 1.54) is 11.5 Å². The molecule has 4 heterocycles. The number of pyridine rings is 1. The van der Waals surface area contributed by atoms with E-state index < -0.39 is 5.82 Å². The fraction of sp³-hybridized carbons (Fsp3) is 0.438. The van der Waals surface area contributed by atoms with Crippen LogP contribution in [0.4, 0.5) is 10.2 Å². The number of nitrogens with two attached hydrogens (primary N) is 1. The van der Waals surface area contributed by atoms with Crippen LogP contribution in [0.15, 0.2) is 6.07 Å². The molecule has 1 amide bonds. The van der Waals surface area contributed by atoms with Crippen LogP contribution < -0.4 is 16.4 Å². The Hall–Kier alpha value is -2.10. The molecular formula is C16H18FN5O2S. The van der Waals surface area contributed by atoms with Gasteiger partial charge in [0.15, 0.2) is 11.6 Å². The van der Waals surface area contributed by atoms with Gasteiger partial charge in [-0.25, -0.2) is 9.37 Å². The zero-order chi connectivity index (χ0) is 17.6. The summed E-state index contributed by atoms with van der Waals surface area (Å²) in [4.78, 5) is 17.4. The number of ether oxygens (including phenoxy) is 1. The van der Waals surface area contributed by atoms with E-state index in [1.54, 1.807) is 0 Å². The van der Waals surface area contributed by atoms with Gasteiger partial charge in [-0.3, -0.25) is 4.79 Å². The zero-order valence-electron chi connectivity index (χ0n) is 13.6. The highest BCUT2D eigenvalue weighted by molar-refractivity contribution is 7.09. The number of rotatable bonds is 3. The van der Waals surface area contributed by atoms with Crippen molar-refractivity contribution >= 4 is 23.3 Å². The Morgan fingerprint density at radius 1 is 1.52 bits per heavy atom. The molecule has 0 aromatic carbocycles. The molecule has 132 valence electrons. The number of nitrogens with zero attached hydrogens (tertiary/aromatic N) is 2. The third kappa shape index (κ3) is 2.88. The quantitative estimate of drug-likeness (QED) is 0.762. The number of amides is 1. The molecule has 2 aliphatic heterocycles. The lowest BCUT2D eigenvalue weighted by Crippen LogP contribution is -2.48. The highest BCUT2D eigenvalue weighted by Gasteiger charge is 2.32. The predicted molar refractivity (Wildman–Crippen MR) is 92.0 cm³/mol. The first kappa shape index (κ1) is 16.4. The summed E-state index contributed by atoms with van der Waals surface area (Å²) in [6.45, 7) is 3.01. The minimum absolute atomic E-state index is 0.124. The SMILES string of the molecule is Cc1cc(-c2nc(N[C@@H]3CCOC[C@@H]3N)c(F)c3c2C(=O)NC3)sn1. The highest BCUT2D eigenvalue weighted by atomic mass is 32.1. The Bertz CT molecular complexity index is 840. The number of aromatic nitrogens is 2. The molecule has 2 aromatic rings. The zero-order valence-corrected chi connectivity index (χ0v) is 14.5. The summed E-state index contributed by atoms with van der Waals surface area (Å²) in [5.74, 6) is -0.688. The molecule has 0 unspecified atom stereocenters. The first-order chi connectivity index (χ1) is 12.0. The van der Waals surface area contributed by atoms with Crippen LogP contribution in [0.5, 0.6) is 0 Å². The Morgan fingerprint density at radius 2 is 2.36 bits per heavy atom. The number of anilines is 1. The van der Waals surface area contributed by atoms with Gasteiger partial charge in [0.2, 0.25) is 0 Å². The van der Waals surface area contributed by atoms with Gasteiger partial charge >= 0.3 is 0 Å². The number of aryl methyl sites for hydroxylation is 1. The molecule has 0 bridgehead atoms. The molecule has 9 heteroatoms. The molecule has 7 nitrogen and oxygen atoms in total. The molecule has 2 aromatic heterocycles. The topological polar surface area (TPSA) is 102 Å². The normalized spacial score (nSPS) is 22.6. The number of halogens is 1. The first-order valence-electron chi connectivity index (χ1n) is 8.08. The third-order valence-corrected chi connectivity index (χ3v) is 5.36. The van der Waals surface area contributed by atoms with Gasteiger partial charge in [-0.15, -0.1) is 0 Å². The van der Waals surface area contributed by atoms with Crippen molar-refractivity contribution in [2.24, 2.45) is 5.73 Å². The first-order valence-corrected chi connectivity index (χ1v) is 8.86. The van der Waals surface area contributed by atoms with Crippen molar-refractivity contribution < 1.29 is 13.9 Å². The number of hydrogen-bond acceptors (Lipinski definition) is 7. The Labute approximate surface area is 147 Å². The van der Waals surface area contributed by atoms with E-state index in [4.69, 9.17) is 10.5 Å². The maximum Gasteiger partial charge on any atom is 0.254 e. The minimum atomic E-state index is -0.503. The van der Waals surface area contributed by atoms with E-state index in [1.807, 2.05) is 13.0 Å². The molecule has 4 N–H and O–H groups in total. The second-order valence-corrected chi connectivity index (χ2v) is 7.08. The van der Waals surface area contributed by atoms with Crippen LogP contribution in [-0.2, 0) is 11.3 Å². The van der Waals surface area contributed by atoms with E-state index in [9.17, 15) is 9.18 Å². The molecule has 4 rings (SSSR count). The van der Waals surface area contributed by atoms with Crippen LogP contribution in [0.3, 0.4) is 0 Å². The summed E-state index contributed by atoms with van der Waals surface area (Å²) in [5, 5.41) is 5.79. The summed E-state index contributed by atoms with van der Waals surface area (Å²) in [6, 6.07) is 1.48. The number of nitrogens with one attached hydrogen (secondary N) is 2. The molecular weight excluding hydrogens is 345 g/mol. The van der Waals surface area contributed by atoms with Crippen molar-refractivity contribution in [2.75, 3.05) is 18.5 Å². The number of hydrogen-bond donors (Lipinski definition) is 3. The average Bonchev–Trinajstić information content (AvgIpc) is 3.19. The summed E-state index contributed by atoms with van der Waals surface area (Å²) < 4.78 is 24.5. The van der Waals surface area contributed by atoms with Crippen molar-refractivity contribution in [3.05, 3.63) is 28.7 Å². The molecule has 2 atom stereocenters. The predicted octanol–water partition coefficient (Wildman–Crippen LogP) is 1.42. The molecule has 1 saturated heterocycles. The lowest BCUT2D eigenvalue weighted by atomic mass is 10.0. The van der Waals surface area contributed by atoms with Crippen molar-refractivity contribution in [2.45, 2.75) is 32.0 Å². The van der Waals surface area contributed by atoms with Gasteiger partial charge in [-0.1, -0.05) is 0 Å². The van der Waals surface area contributed by atoms with Gasteiger partial charge in [0.25, 0.3) is 5.91 Å². The summed E-state index contributed by atoms with van der Waals surface area (Å²) in [6.07, 6.45) is 0.672. The average molecular weight is 363 g/mol. The maximum absolute atomic E-state index is 14.9. The van der Waals surface area contributed by atoms with Crippen LogP contribution in [-0.4, -0.2) is 40.6 Å². The van der Waals surface area contributed by atoms with E-state index >= 15 is 0 Å². The van der Waals surface area contributed by atoms with Gasteiger partial charge in [0.1, 0.15) is 0 Å². The summed E-state index contributed by atoms with van der Waals surface area (Å²) in [7, 11) is 0. The molecule has 25 heavy (non-hydrogen) atoms. The van der Waals surface area contributed by atoms with Crippen molar-refractivity contribution in [3.8, 4) is 10.6 Å². The highest BCUT2D eigenvalue weighted by Crippen LogP contribution is 2.35. The van der Waals surface area contributed by atoms with Gasteiger partial charge in [0.05, 0.1) is 28.4 Å². The molecule has 0 spiro atoms. The summed E-state index contributed by atoms with van der Waals surface area (Å²) in [5.41, 5.74) is 7.97. The maximum atomic E-state index is 14.9. The lowest BCUT2D eigenvalue weighted by molar-refractivity contribution is 0.0751. The number of fused-ring (bicyclic) bond motifs is 1. The molecule has 0 saturated carbocycles. The van der Waals surface area contributed by atoms with Crippen molar-refractivity contribution in [1.29, 1.82) is 0 Å². The van der Waals surface area contributed by atoms with Gasteiger partial charge in [-0.2, -0.15) is 4.37 Å². The lowest BCUT2D eigenvalue weighted by Gasteiger charge is -2.30. The van der Waals surface area contributed by atoms with Crippen molar-refractivity contribution in [1.82, 2.24) is 14.7 Å². The van der Waals surface area contributed by atoms with E-state index in [0.717, 1.165) is 10.6 Å². The second-order valence-electron chi connectivity index (χ2n) is 6.27. The van der Waals surface area contributed by atoms with Crippen LogP contribution in [0.1, 0.15) is 28.0 Å². The summed E-state index contributed by atoms with van der Waals surface area (Å²) >= 11 is 1.24. The fourth-order valence-corrected chi connectivity index (χ4v) is 3.90. The monoisotopic (exact) mass is 363 g/mol. The van der Waals surface area contributed by atoms with E-state index in [2.05, 4.69) is 20.0 Å². The van der Waals surface area contributed by atoms with Gasteiger partial charge < -0.3 is 21.1 Å². The standard InChI is InChI=1S/C16H18FN5O2S/c1-7-4-11(25-22-7)14-12-8(5-19-16(12)23)13(17)15(21-14)20-10-2-3-24-6-9(10)18/h4,9-10H,2-3,5-6,18H2,1H3,(H,19,23)(H,20,21)/t9-,10+/m0/s1. The molecule has 0 radical (unpaired) electrons. The Kier molecular flexibility index (Phi) is 4.14. The van der Waals surface area contributed by atoms with E-state index in [0.29, 0.717) is 36.5 Å². The van der Waals surface area contributed by atoms with Crippen LogP contribution in [0.2, 0.25) is 0 Å². The minimum Gasteiger partial charge on any atom is -0.380 e. The smallest absolute Gasteiger partial charge is 0.254 e. The van der Waals surface area contributed by atoms with Crippen LogP contribution in [0, 0.1) is 12.7 Å². The van der Waals surface area contributed by atoms with Gasteiger partial charge in [0, 0.05) is 30.8 Å². The van der Waals surface area contributed by atoms with Crippen LogP contribution in [0.25, 0.3) is 10.6 Å². The Balaban J connectivity index is 1.79. The third-order valence-electron chi connectivity index (χ3n) is 4.47. The largest absolute Gasteiger partial charge is 0.380 e. The second kappa shape index (κ2) is 6.32. The van der Waals surface area contributed by atoms with E-state index in [-0.39, 0.29) is 30.4 Å².